The molecule has 0 saturated carbocycles. The lowest BCUT2D eigenvalue weighted by atomic mass is 10.1. The number of rotatable bonds is 1. The van der Waals surface area contributed by atoms with Gasteiger partial charge in [-0.05, 0) is 17.7 Å². The Morgan fingerprint density at radius 2 is 2.06 bits per heavy atom. The van der Waals surface area contributed by atoms with Crippen LogP contribution < -0.4 is 5.32 Å². The highest BCUT2D eigenvalue weighted by Gasteiger charge is 2.23. The van der Waals surface area contributed by atoms with Crippen molar-refractivity contribution < 1.29 is 9.18 Å². The molecule has 1 amide bonds. The molecular weight excluding hydrogens is 207 g/mol. The van der Waals surface area contributed by atoms with Crippen molar-refractivity contribution in [2.75, 3.05) is 20.1 Å². The minimum Gasteiger partial charge on any atom is -0.337 e. The smallest absolute Gasteiger partial charge is 0.224 e. The summed E-state index contributed by atoms with van der Waals surface area (Å²) in [6.07, 6.45) is 0.522. The van der Waals surface area contributed by atoms with Crippen molar-refractivity contribution in [2.45, 2.75) is 12.5 Å². The first-order chi connectivity index (χ1) is 7.68. The van der Waals surface area contributed by atoms with Gasteiger partial charge in [0.05, 0.1) is 6.04 Å². The van der Waals surface area contributed by atoms with Crippen molar-refractivity contribution in [3.63, 3.8) is 0 Å². The first-order valence-electron chi connectivity index (χ1n) is 5.40. The fourth-order valence-corrected chi connectivity index (χ4v) is 1.95. The van der Waals surface area contributed by atoms with Gasteiger partial charge in [-0.3, -0.25) is 4.79 Å². The van der Waals surface area contributed by atoms with E-state index in [1.165, 1.54) is 12.1 Å². The van der Waals surface area contributed by atoms with Crippen molar-refractivity contribution in [1.29, 1.82) is 0 Å². The molecule has 0 aliphatic carbocycles. The van der Waals surface area contributed by atoms with Gasteiger partial charge in [-0.1, -0.05) is 12.1 Å². The second-order valence-electron chi connectivity index (χ2n) is 4.03. The van der Waals surface area contributed by atoms with E-state index >= 15 is 0 Å². The monoisotopic (exact) mass is 222 g/mol. The summed E-state index contributed by atoms with van der Waals surface area (Å²) in [5.74, 6) is -0.126. The molecule has 1 aromatic carbocycles. The molecule has 1 N–H and O–H groups in total. The second-order valence-corrected chi connectivity index (χ2v) is 4.03. The van der Waals surface area contributed by atoms with Crippen LogP contribution in [-0.2, 0) is 4.79 Å². The molecule has 3 nitrogen and oxygen atoms in total. The van der Waals surface area contributed by atoms with Gasteiger partial charge in [-0.15, -0.1) is 0 Å². The number of hydrogen-bond donors (Lipinski definition) is 1. The highest BCUT2D eigenvalue weighted by atomic mass is 19.1. The van der Waals surface area contributed by atoms with E-state index < -0.39 is 0 Å². The van der Waals surface area contributed by atoms with Crippen LogP contribution in [0.25, 0.3) is 0 Å². The van der Waals surface area contributed by atoms with Gasteiger partial charge >= 0.3 is 0 Å². The van der Waals surface area contributed by atoms with E-state index in [-0.39, 0.29) is 17.8 Å². The lowest BCUT2D eigenvalue weighted by molar-refractivity contribution is -0.131. The fourth-order valence-electron chi connectivity index (χ4n) is 1.95. The molecule has 16 heavy (non-hydrogen) atoms. The van der Waals surface area contributed by atoms with E-state index in [0.29, 0.717) is 19.5 Å². The summed E-state index contributed by atoms with van der Waals surface area (Å²) >= 11 is 0. The Kier molecular flexibility index (Phi) is 3.19. The summed E-state index contributed by atoms with van der Waals surface area (Å²) in [5, 5.41) is 3.22. The molecule has 1 saturated heterocycles. The maximum atomic E-state index is 12.8. The predicted molar refractivity (Wildman–Crippen MR) is 59.4 cm³/mol. The summed E-state index contributed by atoms with van der Waals surface area (Å²) in [5.41, 5.74) is 0.964. The Hall–Kier alpha value is -1.42. The topological polar surface area (TPSA) is 32.3 Å². The van der Waals surface area contributed by atoms with Crippen LogP contribution in [0.15, 0.2) is 24.3 Å². The normalized spacial score (nSPS) is 22.0. The van der Waals surface area contributed by atoms with Crippen molar-refractivity contribution >= 4 is 5.91 Å². The highest BCUT2D eigenvalue weighted by molar-refractivity contribution is 5.77. The molecular formula is C12H15FN2O. The van der Waals surface area contributed by atoms with Crippen molar-refractivity contribution in [2.24, 2.45) is 0 Å². The van der Waals surface area contributed by atoms with Crippen LogP contribution in [0.4, 0.5) is 4.39 Å². The number of halogens is 1. The van der Waals surface area contributed by atoms with Gasteiger partial charge in [-0.2, -0.15) is 0 Å². The molecule has 1 heterocycles. The number of benzene rings is 1. The third-order valence-corrected chi connectivity index (χ3v) is 2.97. The SMILES string of the molecule is CN1C(=O)CCNCC1c1ccc(F)cc1. The number of likely N-dealkylation sites (N-methyl/N-ethyl adjacent to an activating group) is 1. The highest BCUT2D eigenvalue weighted by Crippen LogP contribution is 2.21. The molecule has 1 fully saturated rings. The van der Waals surface area contributed by atoms with Gasteiger partial charge in [0.1, 0.15) is 5.82 Å². The first-order valence-corrected chi connectivity index (χ1v) is 5.40. The van der Waals surface area contributed by atoms with Crippen LogP contribution in [0.5, 0.6) is 0 Å². The standard InChI is InChI=1S/C12H15FN2O/c1-15-11(8-14-7-6-12(15)16)9-2-4-10(13)5-3-9/h2-5,11,14H,6-8H2,1H3. The van der Waals surface area contributed by atoms with E-state index in [9.17, 15) is 9.18 Å². The number of nitrogens with zero attached hydrogens (tertiary/aromatic N) is 1. The number of nitrogens with one attached hydrogen (secondary N) is 1. The Bertz CT molecular complexity index is 377. The van der Waals surface area contributed by atoms with E-state index in [4.69, 9.17) is 0 Å². The average Bonchev–Trinajstić information content (AvgIpc) is 2.44. The molecule has 2 rings (SSSR count). The van der Waals surface area contributed by atoms with Gasteiger partial charge in [0.25, 0.3) is 0 Å². The molecule has 0 bridgehead atoms. The average molecular weight is 222 g/mol. The van der Waals surface area contributed by atoms with Crippen LogP contribution in [-0.4, -0.2) is 30.9 Å². The maximum absolute atomic E-state index is 12.8. The van der Waals surface area contributed by atoms with Crippen molar-refractivity contribution in [1.82, 2.24) is 10.2 Å². The molecule has 1 aromatic rings. The molecule has 0 aromatic heterocycles. The largest absolute Gasteiger partial charge is 0.337 e. The molecule has 1 aliphatic heterocycles. The number of carbonyl (C=O) groups is 1. The van der Waals surface area contributed by atoms with E-state index in [0.717, 1.165) is 5.56 Å². The number of carbonyl (C=O) groups excluding carboxylic acids is 1. The zero-order valence-corrected chi connectivity index (χ0v) is 9.24. The van der Waals surface area contributed by atoms with Gasteiger partial charge in [0.2, 0.25) is 5.91 Å². The van der Waals surface area contributed by atoms with Crippen LogP contribution in [0.3, 0.4) is 0 Å². The second kappa shape index (κ2) is 4.61. The fraction of sp³-hybridized carbons (Fsp3) is 0.417. The Morgan fingerprint density at radius 1 is 1.38 bits per heavy atom. The quantitative estimate of drug-likeness (QED) is 0.777. The predicted octanol–water partition coefficient (Wildman–Crippen LogP) is 1.32. The third kappa shape index (κ3) is 2.22. The summed E-state index contributed by atoms with van der Waals surface area (Å²) in [6, 6.07) is 6.32. The molecule has 4 heteroatoms. The van der Waals surface area contributed by atoms with Crippen LogP contribution in [0.1, 0.15) is 18.0 Å². The van der Waals surface area contributed by atoms with Gasteiger partial charge < -0.3 is 10.2 Å². The van der Waals surface area contributed by atoms with Crippen LogP contribution >= 0.6 is 0 Å². The lowest BCUT2D eigenvalue weighted by Gasteiger charge is -2.26. The Balaban J connectivity index is 2.23. The molecule has 1 atom stereocenters. The molecule has 1 aliphatic rings. The van der Waals surface area contributed by atoms with E-state index in [2.05, 4.69) is 5.32 Å². The van der Waals surface area contributed by atoms with Crippen molar-refractivity contribution in [3.8, 4) is 0 Å². The molecule has 0 radical (unpaired) electrons. The van der Waals surface area contributed by atoms with Gasteiger partial charge in [0, 0.05) is 26.6 Å². The summed E-state index contributed by atoms with van der Waals surface area (Å²) in [6.45, 7) is 1.43. The number of amides is 1. The maximum Gasteiger partial charge on any atom is 0.224 e. The Labute approximate surface area is 94.3 Å². The summed E-state index contributed by atoms with van der Waals surface area (Å²) < 4.78 is 12.8. The minimum absolute atomic E-state index is 0.00407. The molecule has 1 unspecified atom stereocenters. The van der Waals surface area contributed by atoms with Crippen molar-refractivity contribution in [3.05, 3.63) is 35.6 Å². The Morgan fingerprint density at radius 3 is 2.75 bits per heavy atom. The van der Waals surface area contributed by atoms with Gasteiger partial charge in [0.15, 0.2) is 0 Å². The zero-order chi connectivity index (χ0) is 11.5. The van der Waals surface area contributed by atoms with Crippen LogP contribution in [0.2, 0.25) is 0 Å². The molecule has 86 valence electrons. The third-order valence-electron chi connectivity index (χ3n) is 2.97. The summed E-state index contributed by atoms with van der Waals surface area (Å²) in [7, 11) is 1.79. The minimum atomic E-state index is -0.251. The molecule has 0 spiro atoms. The van der Waals surface area contributed by atoms with Crippen LogP contribution in [0, 0.1) is 5.82 Å². The lowest BCUT2D eigenvalue weighted by Crippen LogP contribution is -2.32. The van der Waals surface area contributed by atoms with Gasteiger partial charge in [-0.25, -0.2) is 4.39 Å². The summed E-state index contributed by atoms with van der Waals surface area (Å²) in [4.78, 5) is 13.4. The zero-order valence-electron chi connectivity index (χ0n) is 9.24. The number of hydrogen-bond acceptors (Lipinski definition) is 2. The first kappa shape index (κ1) is 11.1. The van der Waals surface area contributed by atoms with E-state index in [1.54, 1.807) is 24.1 Å². The van der Waals surface area contributed by atoms with E-state index in [1.807, 2.05) is 0 Å².